The van der Waals surface area contributed by atoms with Crippen molar-refractivity contribution < 1.29 is 9.53 Å². The van der Waals surface area contributed by atoms with Gasteiger partial charge >= 0.3 is 6.03 Å². The first-order chi connectivity index (χ1) is 9.27. The van der Waals surface area contributed by atoms with Gasteiger partial charge in [-0.3, -0.25) is 4.90 Å². The fraction of sp³-hybridized carbons (Fsp3) is 0.500. The maximum absolute atomic E-state index is 12.3. The molecule has 1 aliphatic heterocycles. The third-order valence-corrected chi connectivity index (χ3v) is 3.18. The van der Waals surface area contributed by atoms with Crippen LogP contribution in [-0.4, -0.2) is 43.7 Å². The van der Waals surface area contributed by atoms with Gasteiger partial charge in [-0.1, -0.05) is 12.1 Å². The van der Waals surface area contributed by atoms with Gasteiger partial charge in [0.2, 0.25) is 0 Å². The number of anilines is 1. The molecule has 19 heavy (non-hydrogen) atoms. The van der Waals surface area contributed by atoms with Crippen molar-refractivity contribution in [3.63, 3.8) is 0 Å². The lowest BCUT2D eigenvalue weighted by atomic mass is 10.2. The molecule has 1 saturated heterocycles. The summed E-state index contributed by atoms with van der Waals surface area (Å²) in [5.74, 6) is 0.763. The van der Waals surface area contributed by atoms with E-state index in [0.717, 1.165) is 30.9 Å². The fourth-order valence-electron chi connectivity index (χ4n) is 2.25. The molecule has 5 heteroatoms. The van der Waals surface area contributed by atoms with Crippen LogP contribution in [0.25, 0.3) is 0 Å². The number of carbonyl (C=O) groups is 1. The molecule has 5 nitrogen and oxygen atoms in total. The smallest absolute Gasteiger partial charge is 0.324 e. The van der Waals surface area contributed by atoms with Crippen LogP contribution in [0.15, 0.2) is 24.3 Å². The van der Waals surface area contributed by atoms with Gasteiger partial charge in [-0.2, -0.15) is 0 Å². The SMILES string of the molecule is CCOc1ccccc1N1CCN(CCCN)C1=O. The Balaban J connectivity index is 2.12. The van der Waals surface area contributed by atoms with Crippen molar-refractivity contribution in [1.82, 2.24) is 4.90 Å². The van der Waals surface area contributed by atoms with Crippen LogP contribution in [0.3, 0.4) is 0 Å². The molecule has 0 unspecified atom stereocenters. The van der Waals surface area contributed by atoms with Crippen molar-refractivity contribution >= 4 is 11.7 Å². The van der Waals surface area contributed by atoms with Crippen LogP contribution in [0.4, 0.5) is 10.5 Å². The number of hydrogen-bond donors (Lipinski definition) is 1. The molecular weight excluding hydrogens is 242 g/mol. The maximum Gasteiger partial charge on any atom is 0.324 e. The number of ether oxygens (including phenoxy) is 1. The minimum Gasteiger partial charge on any atom is -0.492 e. The number of amides is 2. The molecule has 2 N–H and O–H groups in total. The van der Waals surface area contributed by atoms with Gasteiger partial charge in [0.1, 0.15) is 5.75 Å². The largest absolute Gasteiger partial charge is 0.492 e. The van der Waals surface area contributed by atoms with Gasteiger partial charge in [0.05, 0.1) is 12.3 Å². The molecule has 1 fully saturated rings. The van der Waals surface area contributed by atoms with E-state index in [1.54, 1.807) is 4.90 Å². The third kappa shape index (κ3) is 2.98. The molecule has 2 amide bonds. The lowest BCUT2D eigenvalue weighted by Gasteiger charge is -2.20. The normalized spacial score (nSPS) is 15.2. The summed E-state index contributed by atoms with van der Waals surface area (Å²) in [5, 5.41) is 0. The molecular formula is C14H21N3O2. The van der Waals surface area contributed by atoms with E-state index in [2.05, 4.69) is 0 Å². The Kier molecular flexibility index (Phi) is 4.63. The van der Waals surface area contributed by atoms with Gasteiger partial charge in [0.15, 0.2) is 0 Å². The Hall–Kier alpha value is -1.75. The zero-order valence-corrected chi connectivity index (χ0v) is 11.3. The molecule has 0 spiro atoms. The van der Waals surface area contributed by atoms with E-state index in [4.69, 9.17) is 10.5 Å². The third-order valence-electron chi connectivity index (χ3n) is 3.18. The number of para-hydroxylation sites is 2. The molecule has 1 aliphatic rings. The molecule has 1 aromatic rings. The summed E-state index contributed by atoms with van der Waals surface area (Å²) in [6.45, 7) is 5.32. The summed E-state index contributed by atoms with van der Waals surface area (Å²) in [6.07, 6.45) is 0.840. The van der Waals surface area contributed by atoms with Crippen LogP contribution in [0.5, 0.6) is 5.75 Å². The summed E-state index contributed by atoms with van der Waals surface area (Å²) in [6, 6.07) is 7.71. The first-order valence-corrected chi connectivity index (χ1v) is 6.76. The van der Waals surface area contributed by atoms with Crippen LogP contribution in [0.2, 0.25) is 0 Å². The highest BCUT2D eigenvalue weighted by molar-refractivity contribution is 5.95. The highest BCUT2D eigenvalue weighted by Crippen LogP contribution is 2.30. The first-order valence-electron chi connectivity index (χ1n) is 6.76. The van der Waals surface area contributed by atoms with Crippen molar-refractivity contribution in [1.29, 1.82) is 0 Å². The average Bonchev–Trinajstić information content (AvgIpc) is 2.79. The molecule has 0 bridgehead atoms. The van der Waals surface area contributed by atoms with E-state index in [1.165, 1.54) is 0 Å². The zero-order chi connectivity index (χ0) is 13.7. The van der Waals surface area contributed by atoms with Crippen LogP contribution in [0.1, 0.15) is 13.3 Å². The predicted molar refractivity (Wildman–Crippen MR) is 75.6 cm³/mol. The van der Waals surface area contributed by atoms with E-state index in [9.17, 15) is 4.79 Å². The van der Waals surface area contributed by atoms with Crippen LogP contribution in [0, 0.1) is 0 Å². The topological polar surface area (TPSA) is 58.8 Å². The molecule has 104 valence electrons. The Morgan fingerprint density at radius 2 is 2.11 bits per heavy atom. The molecule has 1 aromatic carbocycles. The second-order valence-corrected chi connectivity index (χ2v) is 4.46. The van der Waals surface area contributed by atoms with Gasteiger partial charge in [-0.25, -0.2) is 4.79 Å². The van der Waals surface area contributed by atoms with Gasteiger partial charge in [0.25, 0.3) is 0 Å². The lowest BCUT2D eigenvalue weighted by molar-refractivity contribution is 0.220. The van der Waals surface area contributed by atoms with Gasteiger partial charge in [-0.05, 0) is 32.0 Å². The first kappa shape index (κ1) is 13.7. The Morgan fingerprint density at radius 3 is 2.84 bits per heavy atom. The number of carbonyl (C=O) groups excluding carboxylic acids is 1. The Morgan fingerprint density at radius 1 is 1.32 bits per heavy atom. The summed E-state index contributed by atoms with van der Waals surface area (Å²) < 4.78 is 5.58. The second kappa shape index (κ2) is 6.43. The van der Waals surface area contributed by atoms with Crippen LogP contribution >= 0.6 is 0 Å². The number of rotatable bonds is 6. The molecule has 0 atom stereocenters. The summed E-state index contributed by atoms with van der Waals surface area (Å²) in [4.78, 5) is 15.9. The quantitative estimate of drug-likeness (QED) is 0.849. The molecule has 1 heterocycles. The number of urea groups is 1. The lowest BCUT2D eigenvalue weighted by Crippen LogP contribution is -2.33. The summed E-state index contributed by atoms with van der Waals surface area (Å²) >= 11 is 0. The van der Waals surface area contributed by atoms with Gasteiger partial charge in [-0.15, -0.1) is 0 Å². The van der Waals surface area contributed by atoms with E-state index in [-0.39, 0.29) is 6.03 Å². The van der Waals surface area contributed by atoms with Crippen LogP contribution in [-0.2, 0) is 0 Å². The van der Waals surface area contributed by atoms with E-state index in [0.29, 0.717) is 19.7 Å². The molecule has 0 aliphatic carbocycles. The maximum atomic E-state index is 12.3. The Bertz CT molecular complexity index is 436. The standard InChI is InChI=1S/C14H21N3O2/c1-2-19-13-7-4-3-6-12(13)17-11-10-16(14(17)18)9-5-8-15/h3-4,6-7H,2,5,8-11,15H2,1H3. The number of benzene rings is 1. The minimum atomic E-state index is 0.0422. The molecule has 0 saturated carbocycles. The zero-order valence-electron chi connectivity index (χ0n) is 11.3. The monoisotopic (exact) mass is 263 g/mol. The Labute approximate surface area is 113 Å². The van der Waals surface area contributed by atoms with Crippen molar-refractivity contribution in [2.45, 2.75) is 13.3 Å². The van der Waals surface area contributed by atoms with E-state index in [1.807, 2.05) is 36.1 Å². The molecule has 0 aromatic heterocycles. The number of hydrogen-bond acceptors (Lipinski definition) is 3. The van der Waals surface area contributed by atoms with Crippen molar-refractivity contribution in [3.05, 3.63) is 24.3 Å². The van der Waals surface area contributed by atoms with Crippen LogP contribution < -0.4 is 15.4 Å². The summed E-state index contributed by atoms with van der Waals surface area (Å²) in [7, 11) is 0. The van der Waals surface area contributed by atoms with Gasteiger partial charge in [0, 0.05) is 19.6 Å². The second-order valence-electron chi connectivity index (χ2n) is 4.46. The highest BCUT2D eigenvalue weighted by atomic mass is 16.5. The minimum absolute atomic E-state index is 0.0422. The average molecular weight is 263 g/mol. The van der Waals surface area contributed by atoms with Crippen molar-refractivity contribution in [2.24, 2.45) is 5.73 Å². The number of nitrogens with zero attached hydrogens (tertiary/aromatic N) is 2. The highest BCUT2D eigenvalue weighted by Gasteiger charge is 2.30. The van der Waals surface area contributed by atoms with Crippen molar-refractivity contribution in [2.75, 3.05) is 37.7 Å². The van der Waals surface area contributed by atoms with E-state index >= 15 is 0 Å². The predicted octanol–water partition coefficient (Wildman–Crippen LogP) is 1.68. The number of nitrogens with two attached hydrogens (primary N) is 1. The molecule has 2 rings (SSSR count). The van der Waals surface area contributed by atoms with E-state index < -0.39 is 0 Å². The molecule has 0 radical (unpaired) electrons. The summed E-state index contributed by atoms with van der Waals surface area (Å²) in [5.41, 5.74) is 6.34. The van der Waals surface area contributed by atoms with Gasteiger partial charge < -0.3 is 15.4 Å². The van der Waals surface area contributed by atoms with Crippen molar-refractivity contribution in [3.8, 4) is 5.75 Å². The fourth-order valence-corrected chi connectivity index (χ4v) is 2.25.